The average Bonchev–Trinajstić information content (AvgIpc) is 2.89. The van der Waals surface area contributed by atoms with Crippen LogP contribution >= 0.6 is 27.7 Å². The van der Waals surface area contributed by atoms with E-state index in [9.17, 15) is 9.90 Å². The number of phenols is 1. The summed E-state index contributed by atoms with van der Waals surface area (Å²) in [5.41, 5.74) is 4.18. The summed E-state index contributed by atoms with van der Waals surface area (Å²) in [6, 6.07) is 5.40. The molecule has 0 aromatic heterocycles. The Morgan fingerprint density at radius 2 is 2.05 bits per heavy atom. The van der Waals surface area contributed by atoms with Crippen LogP contribution in [0.4, 0.5) is 5.69 Å². The van der Waals surface area contributed by atoms with Crippen LogP contribution in [0, 0.1) is 0 Å². The third kappa shape index (κ3) is 2.22. The van der Waals surface area contributed by atoms with Gasteiger partial charge in [-0.15, -0.1) is 11.8 Å². The van der Waals surface area contributed by atoms with Crippen molar-refractivity contribution in [2.24, 2.45) is 0 Å². The highest BCUT2D eigenvalue weighted by Crippen LogP contribution is 2.49. The molecule has 0 saturated heterocycles. The Bertz CT molecular complexity index is 738. The summed E-state index contributed by atoms with van der Waals surface area (Å²) < 4.78 is 0.904. The maximum atomic E-state index is 12.4. The Hall–Kier alpha value is -1.20. The number of phenolic OH excluding ortho intramolecular Hbond substituents is 1. The second-order valence-corrected chi connectivity index (χ2v) is 7.88. The van der Waals surface area contributed by atoms with Crippen molar-refractivity contribution in [2.75, 3.05) is 10.7 Å². The summed E-state index contributed by atoms with van der Waals surface area (Å²) in [4.78, 5) is 14.5. The van der Waals surface area contributed by atoms with E-state index >= 15 is 0 Å². The van der Waals surface area contributed by atoms with Gasteiger partial charge in [-0.3, -0.25) is 9.69 Å². The average molecular weight is 378 g/mol. The van der Waals surface area contributed by atoms with E-state index in [1.807, 2.05) is 28.8 Å². The summed E-state index contributed by atoms with van der Waals surface area (Å²) in [6.07, 6.45) is 4.69. The zero-order chi connectivity index (χ0) is 15.3. The molecule has 1 aliphatic carbocycles. The first-order valence-corrected chi connectivity index (χ1v) is 9.31. The summed E-state index contributed by atoms with van der Waals surface area (Å²) in [5.74, 6) is 1.49. The number of hydrogen-bond donors (Lipinski definition) is 1. The van der Waals surface area contributed by atoms with Gasteiger partial charge in [0.15, 0.2) is 5.78 Å². The van der Waals surface area contributed by atoms with E-state index < -0.39 is 0 Å². The SMILES string of the molecule is O=C1CCC2=C1N(c1cc(Br)ccc1O)C1=C(CCCS1)C2. The minimum absolute atomic E-state index is 0.201. The van der Waals surface area contributed by atoms with Gasteiger partial charge in [-0.05, 0) is 60.8 Å². The van der Waals surface area contributed by atoms with Crippen molar-refractivity contribution >= 4 is 39.2 Å². The Balaban J connectivity index is 1.91. The Morgan fingerprint density at radius 3 is 2.91 bits per heavy atom. The van der Waals surface area contributed by atoms with Crippen LogP contribution < -0.4 is 4.90 Å². The van der Waals surface area contributed by atoms with Gasteiger partial charge in [0.25, 0.3) is 0 Å². The molecule has 0 fully saturated rings. The van der Waals surface area contributed by atoms with Crippen LogP contribution in [-0.4, -0.2) is 16.6 Å². The van der Waals surface area contributed by atoms with Crippen LogP contribution in [0.1, 0.15) is 32.1 Å². The van der Waals surface area contributed by atoms with Gasteiger partial charge >= 0.3 is 0 Å². The number of halogens is 1. The first kappa shape index (κ1) is 14.4. The van der Waals surface area contributed by atoms with Gasteiger partial charge in [0.1, 0.15) is 5.75 Å². The smallest absolute Gasteiger partial charge is 0.179 e. The maximum absolute atomic E-state index is 12.4. The summed E-state index contributed by atoms with van der Waals surface area (Å²) in [7, 11) is 0. The fourth-order valence-corrected chi connectivity index (χ4v) is 5.00. The molecule has 0 spiro atoms. The number of carbonyl (C=O) groups is 1. The number of rotatable bonds is 1. The number of nitrogens with zero attached hydrogens (tertiary/aromatic N) is 1. The van der Waals surface area contributed by atoms with Gasteiger partial charge in [0.2, 0.25) is 0 Å². The molecule has 22 heavy (non-hydrogen) atoms. The molecule has 4 rings (SSSR count). The van der Waals surface area contributed by atoms with E-state index in [2.05, 4.69) is 15.9 Å². The zero-order valence-electron chi connectivity index (χ0n) is 12.1. The van der Waals surface area contributed by atoms with E-state index in [4.69, 9.17) is 0 Å². The highest BCUT2D eigenvalue weighted by molar-refractivity contribution is 9.10. The molecule has 3 nitrogen and oxygen atoms in total. The maximum Gasteiger partial charge on any atom is 0.179 e. The molecule has 114 valence electrons. The molecule has 3 aliphatic rings. The molecule has 0 unspecified atom stereocenters. The van der Waals surface area contributed by atoms with Crippen LogP contribution in [0.2, 0.25) is 0 Å². The standard InChI is InChI=1S/C17H16BrNO2S/c18-12-4-6-14(20)13(9-12)19-16-10(3-5-15(16)21)8-11-2-1-7-22-17(11)19/h4,6,9,20H,1-3,5,7-8H2. The van der Waals surface area contributed by atoms with E-state index in [-0.39, 0.29) is 11.5 Å². The Morgan fingerprint density at radius 1 is 1.18 bits per heavy atom. The Kier molecular flexibility index (Phi) is 3.57. The molecule has 1 N–H and O–H groups in total. The number of ketones is 1. The van der Waals surface area contributed by atoms with Gasteiger partial charge < -0.3 is 5.11 Å². The number of aromatic hydroxyl groups is 1. The molecule has 1 aromatic carbocycles. The van der Waals surface area contributed by atoms with Crippen molar-refractivity contribution in [3.8, 4) is 5.75 Å². The fraction of sp³-hybridized carbons (Fsp3) is 0.353. The van der Waals surface area contributed by atoms with Crippen molar-refractivity contribution in [2.45, 2.75) is 32.1 Å². The molecular formula is C17H16BrNO2S. The molecule has 1 aromatic rings. The van der Waals surface area contributed by atoms with Crippen LogP contribution in [0.25, 0.3) is 0 Å². The molecule has 5 heteroatoms. The molecule has 0 saturated carbocycles. The predicted octanol–water partition coefficient (Wildman–Crippen LogP) is 4.72. The number of benzene rings is 1. The van der Waals surface area contributed by atoms with Crippen molar-refractivity contribution in [3.63, 3.8) is 0 Å². The molecule has 0 amide bonds. The van der Waals surface area contributed by atoms with Crippen molar-refractivity contribution in [3.05, 3.63) is 44.5 Å². The lowest BCUT2D eigenvalue weighted by molar-refractivity contribution is -0.114. The van der Waals surface area contributed by atoms with Crippen LogP contribution in [0.3, 0.4) is 0 Å². The topological polar surface area (TPSA) is 40.5 Å². The van der Waals surface area contributed by atoms with Gasteiger partial charge in [-0.2, -0.15) is 0 Å². The number of hydrogen-bond acceptors (Lipinski definition) is 4. The number of thioether (sulfide) groups is 1. The van der Waals surface area contributed by atoms with Crippen molar-refractivity contribution < 1.29 is 9.90 Å². The van der Waals surface area contributed by atoms with Crippen molar-refractivity contribution in [1.82, 2.24) is 0 Å². The molecule has 0 atom stereocenters. The van der Waals surface area contributed by atoms with Crippen LogP contribution in [0.5, 0.6) is 5.75 Å². The van der Waals surface area contributed by atoms with E-state index in [1.165, 1.54) is 17.6 Å². The lowest BCUT2D eigenvalue weighted by Crippen LogP contribution is -2.30. The van der Waals surface area contributed by atoms with E-state index in [0.29, 0.717) is 12.1 Å². The monoisotopic (exact) mass is 377 g/mol. The summed E-state index contributed by atoms with van der Waals surface area (Å²) in [6.45, 7) is 0. The predicted molar refractivity (Wildman–Crippen MR) is 92.9 cm³/mol. The second kappa shape index (κ2) is 5.46. The zero-order valence-corrected chi connectivity index (χ0v) is 14.5. The summed E-state index contributed by atoms with van der Waals surface area (Å²) >= 11 is 5.29. The summed E-state index contributed by atoms with van der Waals surface area (Å²) in [5, 5.41) is 11.5. The highest BCUT2D eigenvalue weighted by Gasteiger charge is 2.37. The molecule has 0 radical (unpaired) electrons. The van der Waals surface area contributed by atoms with E-state index in [0.717, 1.165) is 40.2 Å². The third-order valence-corrected chi connectivity index (χ3v) is 6.18. The van der Waals surface area contributed by atoms with Gasteiger partial charge in [0.05, 0.1) is 16.4 Å². The highest BCUT2D eigenvalue weighted by atomic mass is 79.9. The second-order valence-electron chi connectivity index (χ2n) is 5.88. The molecule has 0 bridgehead atoms. The number of allylic oxidation sites excluding steroid dienone is 3. The lowest BCUT2D eigenvalue weighted by Gasteiger charge is -2.36. The van der Waals surface area contributed by atoms with Gasteiger partial charge in [-0.1, -0.05) is 15.9 Å². The van der Waals surface area contributed by atoms with Gasteiger partial charge in [-0.25, -0.2) is 0 Å². The van der Waals surface area contributed by atoms with Crippen LogP contribution in [-0.2, 0) is 4.79 Å². The minimum Gasteiger partial charge on any atom is -0.506 e. The quantitative estimate of drug-likeness (QED) is 0.768. The number of carbonyl (C=O) groups excluding carboxylic acids is 1. The minimum atomic E-state index is 0.201. The number of Topliss-reactive ketones (excluding diaryl/α,β-unsaturated/α-hetero) is 1. The lowest BCUT2D eigenvalue weighted by atomic mass is 9.97. The normalized spacial score (nSPS) is 21.3. The fourth-order valence-electron chi connectivity index (χ4n) is 3.47. The molecule has 2 heterocycles. The first-order chi connectivity index (χ1) is 10.6. The molecule has 2 aliphatic heterocycles. The van der Waals surface area contributed by atoms with Crippen molar-refractivity contribution in [1.29, 1.82) is 0 Å². The third-order valence-electron chi connectivity index (χ3n) is 4.45. The Labute approximate surface area is 142 Å². The number of anilines is 1. The largest absolute Gasteiger partial charge is 0.506 e. The van der Waals surface area contributed by atoms with E-state index in [1.54, 1.807) is 6.07 Å². The van der Waals surface area contributed by atoms with Gasteiger partial charge in [0, 0.05) is 10.9 Å². The first-order valence-electron chi connectivity index (χ1n) is 7.54. The van der Waals surface area contributed by atoms with Crippen LogP contribution in [0.15, 0.2) is 44.5 Å². The molecular weight excluding hydrogens is 362 g/mol.